The van der Waals surface area contributed by atoms with Gasteiger partial charge in [-0.2, -0.15) is 5.26 Å². The van der Waals surface area contributed by atoms with Crippen molar-refractivity contribution in [2.24, 2.45) is 0 Å². The Bertz CT molecular complexity index is 644. The summed E-state index contributed by atoms with van der Waals surface area (Å²) in [4.78, 5) is 0. The van der Waals surface area contributed by atoms with Crippen molar-refractivity contribution in [3.63, 3.8) is 0 Å². The highest BCUT2D eigenvalue weighted by atomic mass is 19.1. The lowest BCUT2D eigenvalue weighted by Gasteiger charge is -2.16. The van der Waals surface area contributed by atoms with E-state index in [4.69, 9.17) is 5.26 Å². The topological polar surface area (TPSA) is 35.8 Å². The summed E-state index contributed by atoms with van der Waals surface area (Å²) in [6.07, 6.45) is 0. The third-order valence-corrected chi connectivity index (χ3v) is 3.44. The summed E-state index contributed by atoms with van der Waals surface area (Å²) in [6.45, 7) is 4.57. The summed E-state index contributed by atoms with van der Waals surface area (Å²) in [5.74, 6) is -0.191. The van der Waals surface area contributed by atoms with Crippen molar-refractivity contribution in [2.75, 3.05) is 0 Å². The normalized spacial score (nSPS) is 11.9. The molecule has 0 aliphatic rings. The molecular weight excluding hydrogens is 251 g/mol. The molecule has 3 heteroatoms. The van der Waals surface area contributed by atoms with E-state index in [9.17, 15) is 4.39 Å². The van der Waals surface area contributed by atoms with Crippen LogP contribution in [0.5, 0.6) is 0 Å². The van der Waals surface area contributed by atoms with Crippen molar-refractivity contribution in [1.82, 2.24) is 5.32 Å². The van der Waals surface area contributed by atoms with E-state index < -0.39 is 0 Å². The number of hydrogen-bond donors (Lipinski definition) is 1. The van der Waals surface area contributed by atoms with Crippen molar-refractivity contribution in [3.8, 4) is 6.07 Å². The number of aryl methyl sites for hydroxylation is 1. The Balaban J connectivity index is 2.06. The van der Waals surface area contributed by atoms with E-state index in [1.54, 1.807) is 18.2 Å². The number of nitrogens with one attached hydrogen (secondary N) is 1. The smallest absolute Gasteiger partial charge is 0.127 e. The molecule has 0 saturated carbocycles. The number of nitrogens with zero attached hydrogens (tertiary/aromatic N) is 1. The molecule has 1 N–H and O–H groups in total. The average molecular weight is 268 g/mol. The fourth-order valence-electron chi connectivity index (χ4n) is 2.16. The van der Waals surface area contributed by atoms with Crippen LogP contribution in [0.4, 0.5) is 4.39 Å². The van der Waals surface area contributed by atoms with Crippen LogP contribution in [-0.2, 0) is 6.54 Å². The van der Waals surface area contributed by atoms with E-state index in [1.807, 2.05) is 32.0 Å². The van der Waals surface area contributed by atoms with E-state index in [1.165, 1.54) is 6.07 Å². The zero-order valence-electron chi connectivity index (χ0n) is 11.7. The van der Waals surface area contributed by atoms with E-state index in [0.717, 1.165) is 11.1 Å². The summed E-state index contributed by atoms with van der Waals surface area (Å²) < 4.78 is 13.7. The molecular formula is C17H17FN2. The van der Waals surface area contributed by atoms with Gasteiger partial charge in [-0.05, 0) is 43.2 Å². The molecule has 0 heterocycles. The molecule has 0 fully saturated rings. The van der Waals surface area contributed by atoms with Gasteiger partial charge in [-0.3, -0.25) is 0 Å². The second-order valence-electron chi connectivity index (χ2n) is 4.88. The molecule has 0 saturated heterocycles. The van der Waals surface area contributed by atoms with Crippen molar-refractivity contribution in [3.05, 3.63) is 70.5 Å². The third kappa shape index (κ3) is 3.23. The highest BCUT2D eigenvalue weighted by Crippen LogP contribution is 2.17. The van der Waals surface area contributed by atoms with E-state index in [2.05, 4.69) is 11.4 Å². The van der Waals surface area contributed by atoms with Gasteiger partial charge in [-0.1, -0.05) is 24.3 Å². The van der Waals surface area contributed by atoms with Crippen LogP contribution in [0, 0.1) is 24.1 Å². The minimum atomic E-state index is -0.191. The Morgan fingerprint density at radius 3 is 2.65 bits per heavy atom. The Kier molecular flexibility index (Phi) is 4.49. The first kappa shape index (κ1) is 14.2. The Labute approximate surface area is 118 Å². The highest BCUT2D eigenvalue weighted by Gasteiger charge is 2.10. The first-order chi connectivity index (χ1) is 9.61. The number of halogens is 1. The summed E-state index contributed by atoms with van der Waals surface area (Å²) in [5, 5.41) is 12.2. The molecule has 2 nitrogen and oxygen atoms in total. The molecule has 1 unspecified atom stereocenters. The molecule has 20 heavy (non-hydrogen) atoms. The number of rotatable bonds is 4. The molecule has 102 valence electrons. The Morgan fingerprint density at radius 1 is 1.25 bits per heavy atom. The SMILES string of the molecule is Cc1cc(C#N)ccc1CNC(C)c1ccccc1F. The van der Waals surface area contributed by atoms with Crippen LogP contribution >= 0.6 is 0 Å². The first-order valence-corrected chi connectivity index (χ1v) is 6.59. The van der Waals surface area contributed by atoms with Crippen LogP contribution in [0.3, 0.4) is 0 Å². The van der Waals surface area contributed by atoms with E-state index in [-0.39, 0.29) is 11.9 Å². The van der Waals surface area contributed by atoms with Crippen LogP contribution in [0.15, 0.2) is 42.5 Å². The molecule has 0 bridgehead atoms. The van der Waals surface area contributed by atoms with Gasteiger partial charge in [0.25, 0.3) is 0 Å². The monoisotopic (exact) mass is 268 g/mol. The Morgan fingerprint density at radius 2 is 2.00 bits per heavy atom. The zero-order valence-corrected chi connectivity index (χ0v) is 11.7. The first-order valence-electron chi connectivity index (χ1n) is 6.59. The third-order valence-electron chi connectivity index (χ3n) is 3.44. The van der Waals surface area contributed by atoms with Gasteiger partial charge >= 0.3 is 0 Å². The molecule has 0 spiro atoms. The van der Waals surface area contributed by atoms with Crippen LogP contribution in [0.1, 0.15) is 35.2 Å². The van der Waals surface area contributed by atoms with Crippen molar-refractivity contribution < 1.29 is 4.39 Å². The van der Waals surface area contributed by atoms with E-state index in [0.29, 0.717) is 17.7 Å². The molecule has 1 atom stereocenters. The summed E-state index contributed by atoms with van der Waals surface area (Å²) >= 11 is 0. The van der Waals surface area contributed by atoms with Crippen molar-refractivity contribution >= 4 is 0 Å². The van der Waals surface area contributed by atoms with Gasteiger partial charge in [-0.15, -0.1) is 0 Å². The number of benzene rings is 2. The molecule has 0 amide bonds. The maximum Gasteiger partial charge on any atom is 0.127 e. The predicted octanol–water partition coefficient (Wildman–Crippen LogP) is 3.86. The van der Waals surface area contributed by atoms with E-state index >= 15 is 0 Å². The maximum atomic E-state index is 13.7. The summed E-state index contributed by atoms with van der Waals surface area (Å²) in [5.41, 5.74) is 3.51. The van der Waals surface area contributed by atoms with Crippen LogP contribution in [0.25, 0.3) is 0 Å². The van der Waals surface area contributed by atoms with Crippen LogP contribution in [-0.4, -0.2) is 0 Å². The quantitative estimate of drug-likeness (QED) is 0.914. The molecule has 0 aliphatic carbocycles. The van der Waals surface area contributed by atoms with Gasteiger partial charge in [0.2, 0.25) is 0 Å². The number of nitriles is 1. The maximum absolute atomic E-state index is 13.7. The van der Waals surface area contributed by atoms with Gasteiger partial charge in [0.1, 0.15) is 5.82 Å². The fourth-order valence-corrected chi connectivity index (χ4v) is 2.16. The second-order valence-corrected chi connectivity index (χ2v) is 4.88. The molecule has 0 aromatic heterocycles. The van der Waals surface area contributed by atoms with Gasteiger partial charge in [0.15, 0.2) is 0 Å². The standard InChI is InChI=1S/C17H17FN2/c1-12-9-14(10-19)7-8-15(12)11-20-13(2)16-5-3-4-6-17(16)18/h3-9,13,20H,11H2,1-2H3. The van der Waals surface area contributed by atoms with Gasteiger partial charge in [-0.25, -0.2) is 4.39 Å². The summed E-state index contributed by atoms with van der Waals surface area (Å²) in [6, 6.07) is 14.5. The average Bonchev–Trinajstić information content (AvgIpc) is 2.46. The lowest BCUT2D eigenvalue weighted by atomic mass is 10.0. The number of hydrogen-bond acceptors (Lipinski definition) is 2. The van der Waals surface area contributed by atoms with Crippen LogP contribution < -0.4 is 5.32 Å². The zero-order chi connectivity index (χ0) is 14.5. The van der Waals surface area contributed by atoms with Crippen LogP contribution in [0.2, 0.25) is 0 Å². The lowest BCUT2D eigenvalue weighted by Crippen LogP contribution is -2.19. The van der Waals surface area contributed by atoms with Gasteiger partial charge < -0.3 is 5.32 Å². The highest BCUT2D eigenvalue weighted by molar-refractivity contribution is 5.37. The van der Waals surface area contributed by atoms with Crippen molar-refractivity contribution in [1.29, 1.82) is 5.26 Å². The molecule has 2 rings (SSSR count). The Hall–Kier alpha value is -2.18. The summed E-state index contributed by atoms with van der Waals surface area (Å²) in [7, 11) is 0. The predicted molar refractivity (Wildman–Crippen MR) is 77.5 cm³/mol. The molecule has 2 aromatic rings. The molecule has 2 aromatic carbocycles. The second kappa shape index (κ2) is 6.31. The minimum absolute atomic E-state index is 0.0637. The largest absolute Gasteiger partial charge is 0.306 e. The fraction of sp³-hybridized carbons (Fsp3) is 0.235. The van der Waals surface area contributed by atoms with Crippen molar-refractivity contribution in [2.45, 2.75) is 26.4 Å². The lowest BCUT2D eigenvalue weighted by molar-refractivity contribution is 0.527. The van der Waals surface area contributed by atoms with Gasteiger partial charge in [0, 0.05) is 18.2 Å². The van der Waals surface area contributed by atoms with Gasteiger partial charge in [0.05, 0.1) is 11.6 Å². The minimum Gasteiger partial charge on any atom is -0.306 e. The molecule has 0 aliphatic heterocycles. The molecule has 0 radical (unpaired) electrons.